The molecule has 0 radical (unpaired) electrons. The van der Waals surface area contributed by atoms with Crippen LogP contribution >= 0.6 is 0 Å². The van der Waals surface area contributed by atoms with Crippen molar-refractivity contribution in [3.05, 3.63) is 63.5 Å². The molecule has 0 heterocycles. The first-order valence-corrected chi connectivity index (χ1v) is 6.38. The van der Waals surface area contributed by atoms with Crippen molar-refractivity contribution in [2.75, 3.05) is 7.05 Å². The van der Waals surface area contributed by atoms with Crippen molar-refractivity contribution in [1.82, 2.24) is 5.32 Å². The second-order valence-corrected chi connectivity index (χ2v) is 4.57. The van der Waals surface area contributed by atoms with Gasteiger partial charge in [-0.1, -0.05) is 18.2 Å². The Hall–Kier alpha value is -2.47. The Morgan fingerprint density at radius 3 is 2.67 bits per heavy atom. The highest BCUT2D eigenvalue weighted by Gasteiger charge is 2.17. The van der Waals surface area contributed by atoms with E-state index in [9.17, 15) is 14.5 Å². The molecule has 0 aliphatic heterocycles. The highest BCUT2D eigenvalue weighted by Crippen LogP contribution is 2.31. The van der Waals surface area contributed by atoms with Gasteiger partial charge in [0.2, 0.25) is 0 Å². The lowest BCUT2D eigenvalue weighted by Gasteiger charge is -2.12. The Morgan fingerprint density at radius 2 is 2.00 bits per heavy atom. The standard InChI is InChI=1S/C15H15FN2O3/c1-10-7-15(12(16)8-13(10)18(19)20)21-14-6-4-3-5-11(14)9-17-2/h3-8,17H,9H2,1-2H3. The van der Waals surface area contributed by atoms with Gasteiger partial charge in [0.05, 0.1) is 11.0 Å². The number of aryl methyl sites for hydroxylation is 1. The Morgan fingerprint density at radius 1 is 1.29 bits per heavy atom. The van der Waals surface area contributed by atoms with Crippen molar-refractivity contribution in [3.8, 4) is 11.5 Å². The van der Waals surface area contributed by atoms with Gasteiger partial charge in [-0.2, -0.15) is 0 Å². The summed E-state index contributed by atoms with van der Waals surface area (Å²) in [7, 11) is 1.80. The largest absolute Gasteiger partial charge is 0.454 e. The highest BCUT2D eigenvalue weighted by molar-refractivity contribution is 5.47. The van der Waals surface area contributed by atoms with Crippen molar-refractivity contribution < 1.29 is 14.1 Å². The molecular formula is C15H15FN2O3. The smallest absolute Gasteiger partial charge is 0.275 e. The minimum Gasteiger partial charge on any atom is -0.454 e. The van der Waals surface area contributed by atoms with E-state index in [0.29, 0.717) is 17.9 Å². The van der Waals surface area contributed by atoms with E-state index in [1.807, 2.05) is 12.1 Å². The predicted octanol–water partition coefficient (Wildman–Crippen LogP) is 3.55. The Labute approximate surface area is 121 Å². The van der Waals surface area contributed by atoms with Crippen LogP contribution in [-0.4, -0.2) is 12.0 Å². The quantitative estimate of drug-likeness (QED) is 0.675. The number of rotatable bonds is 5. The summed E-state index contributed by atoms with van der Waals surface area (Å²) in [5.74, 6) is -0.271. The molecule has 0 aliphatic carbocycles. The van der Waals surface area contributed by atoms with E-state index in [4.69, 9.17) is 4.74 Å². The van der Waals surface area contributed by atoms with Crippen molar-refractivity contribution in [3.63, 3.8) is 0 Å². The second kappa shape index (κ2) is 6.32. The Balaban J connectivity index is 2.36. The van der Waals surface area contributed by atoms with E-state index in [2.05, 4.69) is 5.32 Å². The van der Waals surface area contributed by atoms with Crippen LogP contribution in [0.4, 0.5) is 10.1 Å². The molecule has 0 spiro atoms. The number of hydrogen-bond acceptors (Lipinski definition) is 4. The van der Waals surface area contributed by atoms with Crippen LogP contribution < -0.4 is 10.1 Å². The highest BCUT2D eigenvalue weighted by atomic mass is 19.1. The molecule has 0 aliphatic rings. The molecule has 1 N–H and O–H groups in total. The number of nitro groups is 1. The summed E-state index contributed by atoms with van der Waals surface area (Å²) in [6, 6.07) is 9.45. The summed E-state index contributed by atoms with van der Waals surface area (Å²) in [5.41, 5.74) is 0.960. The fourth-order valence-electron chi connectivity index (χ4n) is 1.98. The third kappa shape index (κ3) is 3.35. The summed E-state index contributed by atoms with van der Waals surface area (Å²) in [4.78, 5) is 10.2. The third-order valence-corrected chi connectivity index (χ3v) is 3.01. The lowest BCUT2D eigenvalue weighted by molar-refractivity contribution is -0.385. The van der Waals surface area contributed by atoms with Gasteiger partial charge in [-0.25, -0.2) is 4.39 Å². The van der Waals surface area contributed by atoms with Gasteiger partial charge in [-0.3, -0.25) is 10.1 Å². The lowest BCUT2D eigenvalue weighted by atomic mass is 10.1. The first kappa shape index (κ1) is 14.9. The molecule has 0 saturated heterocycles. The van der Waals surface area contributed by atoms with Gasteiger partial charge in [-0.15, -0.1) is 0 Å². The zero-order chi connectivity index (χ0) is 15.4. The van der Waals surface area contributed by atoms with Crippen LogP contribution in [0.15, 0.2) is 36.4 Å². The third-order valence-electron chi connectivity index (χ3n) is 3.01. The molecule has 0 fully saturated rings. The van der Waals surface area contributed by atoms with Crippen LogP contribution in [0, 0.1) is 22.9 Å². The van der Waals surface area contributed by atoms with Gasteiger partial charge < -0.3 is 10.1 Å². The Kier molecular flexibility index (Phi) is 4.49. The van der Waals surface area contributed by atoms with Crippen LogP contribution in [0.2, 0.25) is 0 Å². The van der Waals surface area contributed by atoms with E-state index in [0.717, 1.165) is 11.6 Å². The summed E-state index contributed by atoms with van der Waals surface area (Å²) in [6.07, 6.45) is 0. The van der Waals surface area contributed by atoms with Crippen LogP contribution in [0.5, 0.6) is 11.5 Å². The number of nitro benzene ring substituents is 1. The molecule has 0 unspecified atom stereocenters. The van der Waals surface area contributed by atoms with Gasteiger partial charge >= 0.3 is 0 Å². The minimum absolute atomic E-state index is 0.0262. The molecule has 5 nitrogen and oxygen atoms in total. The number of ether oxygens (including phenoxy) is 1. The van der Waals surface area contributed by atoms with Gasteiger partial charge in [0, 0.05) is 17.7 Å². The Bertz CT molecular complexity index is 674. The molecule has 0 saturated carbocycles. The summed E-state index contributed by atoms with van der Waals surface area (Å²) in [5, 5.41) is 13.8. The molecule has 2 aromatic carbocycles. The number of para-hydroxylation sites is 1. The van der Waals surface area contributed by atoms with Gasteiger partial charge in [0.25, 0.3) is 5.69 Å². The first-order chi connectivity index (χ1) is 10.0. The molecule has 6 heteroatoms. The monoisotopic (exact) mass is 290 g/mol. The molecule has 21 heavy (non-hydrogen) atoms. The van der Waals surface area contributed by atoms with E-state index in [-0.39, 0.29) is 11.4 Å². The zero-order valence-corrected chi connectivity index (χ0v) is 11.7. The van der Waals surface area contributed by atoms with E-state index in [1.165, 1.54) is 6.07 Å². The zero-order valence-electron chi connectivity index (χ0n) is 11.7. The molecule has 0 bridgehead atoms. The van der Waals surface area contributed by atoms with E-state index < -0.39 is 10.7 Å². The van der Waals surface area contributed by atoms with Gasteiger partial charge in [0.15, 0.2) is 11.6 Å². The molecule has 0 amide bonds. The molecular weight excluding hydrogens is 275 g/mol. The second-order valence-electron chi connectivity index (χ2n) is 4.57. The number of nitrogens with one attached hydrogen (secondary N) is 1. The van der Waals surface area contributed by atoms with Crippen LogP contribution in [0.3, 0.4) is 0 Å². The molecule has 0 atom stereocenters. The maximum Gasteiger partial charge on any atom is 0.275 e. The summed E-state index contributed by atoms with van der Waals surface area (Å²) >= 11 is 0. The fraction of sp³-hybridized carbons (Fsp3) is 0.200. The number of halogens is 1. The number of hydrogen-bond donors (Lipinski definition) is 1. The summed E-state index contributed by atoms with van der Waals surface area (Å²) < 4.78 is 19.5. The maximum absolute atomic E-state index is 13.9. The predicted molar refractivity (Wildman–Crippen MR) is 77.1 cm³/mol. The van der Waals surface area contributed by atoms with Gasteiger partial charge in [0.1, 0.15) is 5.75 Å². The normalized spacial score (nSPS) is 10.4. The topological polar surface area (TPSA) is 64.4 Å². The molecule has 2 aromatic rings. The fourth-order valence-corrected chi connectivity index (χ4v) is 1.98. The van der Waals surface area contributed by atoms with Gasteiger partial charge in [-0.05, 0) is 26.1 Å². The average Bonchev–Trinajstić information content (AvgIpc) is 2.44. The number of benzene rings is 2. The average molecular weight is 290 g/mol. The minimum atomic E-state index is -0.758. The van der Waals surface area contributed by atoms with E-state index in [1.54, 1.807) is 26.1 Å². The van der Waals surface area contributed by atoms with Crippen molar-refractivity contribution in [2.45, 2.75) is 13.5 Å². The first-order valence-electron chi connectivity index (χ1n) is 6.38. The van der Waals surface area contributed by atoms with Crippen LogP contribution in [0.25, 0.3) is 0 Å². The SMILES string of the molecule is CNCc1ccccc1Oc1cc(C)c([N+](=O)[O-])cc1F. The molecule has 110 valence electrons. The van der Waals surface area contributed by atoms with Crippen molar-refractivity contribution in [1.29, 1.82) is 0 Å². The van der Waals surface area contributed by atoms with Crippen molar-refractivity contribution in [2.24, 2.45) is 0 Å². The molecule has 0 aromatic heterocycles. The van der Waals surface area contributed by atoms with Crippen LogP contribution in [0.1, 0.15) is 11.1 Å². The lowest BCUT2D eigenvalue weighted by Crippen LogP contribution is -2.06. The van der Waals surface area contributed by atoms with Crippen LogP contribution in [-0.2, 0) is 6.54 Å². The summed E-state index contributed by atoms with van der Waals surface area (Å²) in [6.45, 7) is 2.12. The van der Waals surface area contributed by atoms with E-state index >= 15 is 0 Å². The molecule has 2 rings (SSSR count). The maximum atomic E-state index is 13.9. The van der Waals surface area contributed by atoms with Crippen molar-refractivity contribution >= 4 is 5.69 Å². The number of nitrogens with zero attached hydrogens (tertiary/aromatic N) is 1.